The van der Waals surface area contributed by atoms with Crippen LogP contribution in [0.15, 0.2) is 28.1 Å². The Labute approximate surface area is 126 Å². The van der Waals surface area contributed by atoms with Crippen LogP contribution >= 0.6 is 27.3 Å². The van der Waals surface area contributed by atoms with E-state index in [9.17, 15) is 0 Å². The highest BCUT2D eigenvalue weighted by Crippen LogP contribution is 2.31. The van der Waals surface area contributed by atoms with Gasteiger partial charge in [0.05, 0.1) is 17.6 Å². The van der Waals surface area contributed by atoms with Crippen molar-refractivity contribution in [3.63, 3.8) is 0 Å². The van der Waals surface area contributed by atoms with Crippen LogP contribution in [0.3, 0.4) is 0 Å². The van der Waals surface area contributed by atoms with Gasteiger partial charge in [-0.15, -0.1) is 11.3 Å². The molecule has 102 valence electrons. The smallest absolute Gasteiger partial charge is 0.133 e. The van der Waals surface area contributed by atoms with E-state index in [1.165, 1.54) is 5.56 Å². The summed E-state index contributed by atoms with van der Waals surface area (Å²) in [5, 5.41) is 6.65. The summed E-state index contributed by atoms with van der Waals surface area (Å²) in [6.07, 6.45) is 0. The zero-order valence-corrected chi connectivity index (χ0v) is 13.6. The maximum absolute atomic E-state index is 5.27. The van der Waals surface area contributed by atoms with Crippen molar-refractivity contribution in [2.75, 3.05) is 13.7 Å². The molecule has 1 aromatic carbocycles. The van der Waals surface area contributed by atoms with Crippen molar-refractivity contribution in [3.8, 4) is 5.75 Å². The van der Waals surface area contributed by atoms with Gasteiger partial charge in [0.25, 0.3) is 0 Å². The van der Waals surface area contributed by atoms with Crippen molar-refractivity contribution in [2.24, 2.45) is 0 Å². The number of nitrogens with one attached hydrogen (secondary N) is 1. The van der Waals surface area contributed by atoms with E-state index in [0.717, 1.165) is 27.5 Å². The van der Waals surface area contributed by atoms with Crippen molar-refractivity contribution in [1.29, 1.82) is 0 Å². The molecule has 0 radical (unpaired) electrons. The van der Waals surface area contributed by atoms with Crippen LogP contribution < -0.4 is 10.1 Å². The Morgan fingerprint density at radius 3 is 2.79 bits per heavy atom. The zero-order valence-electron chi connectivity index (χ0n) is 11.2. The fourth-order valence-electron chi connectivity index (χ4n) is 1.92. The van der Waals surface area contributed by atoms with Gasteiger partial charge in [0.15, 0.2) is 0 Å². The number of halogens is 1. The highest BCUT2D eigenvalue weighted by atomic mass is 79.9. The van der Waals surface area contributed by atoms with Crippen molar-refractivity contribution in [3.05, 3.63) is 44.3 Å². The van der Waals surface area contributed by atoms with Crippen molar-refractivity contribution >= 4 is 27.3 Å². The number of rotatable bonds is 5. The maximum Gasteiger partial charge on any atom is 0.133 e. The molecule has 0 amide bonds. The third kappa shape index (κ3) is 3.35. The lowest BCUT2D eigenvalue weighted by Crippen LogP contribution is -2.21. The SMILES string of the molecule is CCNC(c1ccc(OC)c(Br)c1)c1nc(C)cs1. The molecule has 0 fully saturated rings. The molecule has 2 rings (SSSR count). The average Bonchev–Trinajstić information content (AvgIpc) is 2.82. The molecule has 0 spiro atoms. The molecular formula is C14H17BrN2OS. The van der Waals surface area contributed by atoms with E-state index < -0.39 is 0 Å². The summed E-state index contributed by atoms with van der Waals surface area (Å²) < 4.78 is 6.23. The van der Waals surface area contributed by atoms with E-state index in [1.807, 2.05) is 13.0 Å². The number of methoxy groups -OCH3 is 1. The molecule has 1 heterocycles. The fourth-order valence-corrected chi connectivity index (χ4v) is 3.37. The molecule has 0 saturated heterocycles. The second kappa shape index (κ2) is 6.50. The van der Waals surface area contributed by atoms with Gasteiger partial charge in [0.2, 0.25) is 0 Å². The summed E-state index contributed by atoms with van der Waals surface area (Å²) in [6, 6.07) is 6.27. The van der Waals surface area contributed by atoms with Gasteiger partial charge in [0.1, 0.15) is 10.8 Å². The van der Waals surface area contributed by atoms with Gasteiger partial charge in [-0.2, -0.15) is 0 Å². The second-order valence-electron chi connectivity index (χ2n) is 4.21. The summed E-state index contributed by atoms with van der Waals surface area (Å²) in [5.74, 6) is 0.842. The number of nitrogens with zero attached hydrogens (tertiary/aromatic N) is 1. The molecule has 5 heteroatoms. The van der Waals surface area contributed by atoms with Crippen LogP contribution in [0.1, 0.15) is 29.2 Å². The number of benzene rings is 1. The lowest BCUT2D eigenvalue weighted by Gasteiger charge is -2.17. The zero-order chi connectivity index (χ0) is 13.8. The monoisotopic (exact) mass is 340 g/mol. The third-order valence-corrected chi connectivity index (χ3v) is 4.45. The number of ether oxygens (including phenoxy) is 1. The van der Waals surface area contributed by atoms with Crippen molar-refractivity contribution in [2.45, 2.75) is 19.9 Å². The summed E-state index contributed by atoms with van der Waals surface area (Å²) in [4.78, 5) is 4.59. The molecule has 1 atom stereocenters. The van der Waals surface area contributed by atoms with E-state index in [0.29, 0.717) is 0 Å². The third-order valence-electron chi connectivity index (χ3n) is 2.80. The highest BCUT2D eigenvalue weighted by Gasteiger charge is 2.17. The summed E-state index contributed by atoms with van der Waals surface area (Å²) in [7, 11) is 1.67. The molecule has 3 nitrogen and oxygen atoms in total. The average molecular weight is 341 g/mol. The van der Waals surface area contributed by atoms with Crippen LogP contribution in [-0.4, -0.2) is 18.6 Å². The van der Waals surface area contributed by atoms with E-state index in [1.54, 1.807) is 18.4 Å². The van der Waals surface area contributed by atoms with E-state index in [2.05, 4.69) is 50.7 Å². The minimum absolute atomic E-state index is 0.130. The van der Waals surface area contributed by atoms with E-state index in [-0.39, 0.29) is 6.04 Å². The number of hydrogen-bond donors (Lipinski definition) is 1. The molecular weight excluding hydrogens is 324 g/mol. The van der Waals surface area contributed by atoms with Crippen LogP contribution in [0.25, 0.3) is 0 Å². The Hall–Kier alpha value is -0.910. The Morgan fingerprint density at radius 2 is 2.26 bits per heavy atom. The topological polar surface area (TPSA) is 34.1 Å². The molecule has 2 aromatic rings. The molecule has 0 aliphatic rings. The minimum Gasteiger partial charge on any atom is -0.496 e. The second-order valence-corrected chi connectivity index (χ2v) is 5.96. The number of aromatic nitrogens is 1. The van der Waals surface area contributed by atoms with Crippen LogP contribution in [0.5, 0.6) is 5.75 Å². The minimum atomic E-state index is 0.130. The van der Waals surface area contributed by atoms with Crippen LogP contribution in [-0.2, 0) is 0 Å². The Morgan fingerprint density at radius 1 is 1.47 bits per heavy atom. The van der Waals surface area contributed by atoms with Crippen molar-refractivity contribution < 1.29 is 4.74 Å². The number of hydrogen-bond acceptors (Lipinski definition) is 4. The van der Waals surface area contributed by atoms with Gasteiger partial charge in [0, 0.05) is 11.1 Å². The molecule has 1 unspecified atom stereocenters. The first-order chi connectivity index (χ1) is 9.15. The normalized spacial score (nSPS) is 12.4. The fraction of sp³-hybridized carbons (Fsp3) is 0.357. The maximum atomic E-state index is 5.27. The quantitative estimate of drug-likeness (QED) is 0.895. The molecule has 1 aromatic heterocycles. The number of aryl methyl sites for hydroxylation is 1. The molecule has 0 aliphatic heterocycles. The predicted molar refractivity (Wildman–Crippen MR) is 83.1 cm³/mol. The van der Waals surface area contributed by atoms with Gasteiger partial charge < -0.3 is 10.1 Å². The van der Waals surface area contributed by atoms with Gasteiger partial charge in [-0.1, -0.05) is 13.0 Å². The molecule has 0 saturated carbocycles. The molecule has 1 N–H and O–H groups in total. The molecule has 19 heavy (non-hydrogen) atoms. The van der Waals surface area contributed by atoms with Crippen LogP contribution in [0.2, 0.25) is 0 Å². The van der Waals surface area contributed by atoms with Crippen LogP contribution in [0, 0.1) is 6.92 Å². The largest absolute Gasteiger partial charge is 0.496 e. The van der Waals surface area contributed by atoms with Gasteiger partial charge in [-0.05, 0) is 47.1 Å². The lowest BCUT2D eigenvalue weighted by atomic mass is 10.1. The summed E-state index contributed by atoms with van der Waals surface area (Å²) in [5.41, 5.74) is 2.25. The number of thiazole rings is 1. The standard InChI is InChI=1S/C14H17BrN2OS/c1-4-16-13(14-17-9(2)8-19-14)10-5-6-12(18-3)11(15)7-10/h5-8,13,16H,4H2,1-3H3. The van der Waals surface area contributed by atoms with Gasteiger partial charge in [-0.3, -0.25) is 0 Å². The lowest BCUT2D eigenvalue weighted by molar-refractivity contribution is 0.411. The van der Waals surface area contributed by atoms with E-state index in [4.69, 9.17) is 4.74 Å². The van der Waals surface area contributed by atoms with Gasteiger partial charge in [-0.25, -0.2) is 4.98 Å². The summed E-state index contributed by atoms with van der Waals surface area (Å²) >= 11 is 5.22. The summed E-state index contributed by atoms with van der Waals surface area (Å²) in [6.45, 7) is 5.02. The van der Waals surface area contributed by atoms with E-state index >= 15 is 0 Å². The predicted octanol–water partition coefficient (Wildman–Crippen LogP) is 3.92. The Bertz CT molecular complexity index is 556. The first-order valence-corrected chi connectivity index (χ1v) is 7.81. The molecule has 0 bridgehead atoms. The Balaban J connectivity index is 2.36. The first kappa shape index (κ1) is 14.5. The van der Waals surface area contributed by atoms with Crippen molar-refractivity contribution in [1.82, 2.24) is 10.3 Å². The van der Waals surface area contributed by atoms with Crippen LogP contribution in [0.4, 0.5) is 0 Å². The first-order valence-electron chi connectivity index (χ1n) is 6.14. The molecule has 0 aliphatic carbocycles. The highest BCUT2D eigenvalue weighted by molar-refractivity contribution is 9.10. The van der Waals surface area contributed by atoms with Gasteiger partial charge >= 0.3 is 0 Å². The Kier molecular flexibility index (Phi) is 4.96.